The zero-order valence-electron chi connectivity index (χ0n) is 9.86. The SMILES string of the molecule is CCN(C)C(=O)N(CC(=O)O)CC(C)C. The Balaban J connectivity index is 4.47. The van der Waals surface area contributed by atoms with Crippen molar-refractivity contribution in [2.24, 2.45) is 5.92 Å². The van der Waals surface area contributed by atoms with E-state index in [0.29, 0.717) is 13.1 Å². The van der Waals surface area contributed by atoms with Crippen LogP contribution in [0.1, 0.15) is 20.8 Å². The first-order valence-electron chi connectivity index (χ1n) is 5.10. The second-order valence-electron chi connectivity index (χ2n) is 3.96. The van der Waals surface area contributed by atoms with E-state index < -0.39 is 5.97 Å². The number of hydrogen-bond acceptors (Lipinski definition) is 2. The zero-order chi connectivity index (χ0) is 12.0. The fourth-order valence-electron chi connectivity index (χ4n) is 1.19. The van der Waals surface area contributed by atoms with Gasteiger partial charge in [0.05, 0.1) is 0 Å². The normalized spacial score (nSPS) is 10.2. The summed E-state index contributed by atoms with van der Waals surface area (Å²) in [7, 11) is 1.66. The molecule has 0 aromatic carbocycles. The van der Waals surface area contributed by atoms with Crippen molar-refractivity contribution >= 4 is 12.0 Å². The first-order chi connectivity index (χ1) is 6.88. The summed E-state index contributed by atoms with van der Waals surface area (Å²) in [6.45, 7) is 6.57. The number of hydrogen-bond donors (Lipinski definition) is 1. The topological polar surface area (TPSA) is 60.9 Å². The quantitative estimate of drug-likeness (QED) is 0.748. The van der Waals surface area contributed by atoms with E-state index in [0.717, 1.165) is 0 Å². The summed E-state index contributed by atoms with van der Waals surface area (Å²) >= 11 is 0. The van der Waals surface area contributed by atoms with Gasteiger partial charge in [0.15, 0.2) is 0 Å². The molecule has 15 heavy (non-hydrogen) atoms. The van der Waals surface area contributed by atoms with Gasteiger partial charge in [-0.2, -0.15) is 0 Å². The number of aliphatic carboxylic acids is 1. The molecule has 0 aliphatic heterocycles. The van der Waals surface area contributed by atoms with Crippen LogP contribution in [0.25, 0.3) is 0 Å². The lowest BCUT2D eigenvalue weighted by molar-refractivity contribution is -0.137. The number of carbonyl (C=O) groups excluding carboxylic acids is 1. The van der Waals surface area contributed by atoms with Crippen molar-refractivity contribution < 1.29 is 14.7 Å². The second kappa shape index (κ2) is 6.27. The molecule has 2 amide bonds. The first-order valence-corrected chi connectivity index (χ1v) is 5.10. The highest BCUT2D eigenvalue weighted by Crippen LogP contribution is 2.02. The molecular weight excluding hydrogens is 196 g/mol. The van der Waals surface area contributed by atoms with Crippen LogP contribution < -0.4 is 0 Å². The van der Waals surface area contributed by atoms with Gasteiger partial charge in [0, 0.05) is 20.1 Å². The third-order valence-electron chi connectivity index (χ3n) is 1.98. The molecule has 0 radical (unpaired) electrons. The van der Waals surface area contributed by atoms with Crippen molar-refractivity contribution in [1.29, 1.82) is 0 Å². The van der Waals surface area contributed by atoms with Crippen molar-refractivity contribution in [3.8, 4) is 0 Å². The van der Waals surface area contributed by atoms with Gasteiger partial charge in [-0.25, -0.2) is 4.79 Å². The average molecular weight is 216 g/mol. The molecule has 0 saturated carbocycles. The number of nitrogens with zero attached hydrogens (tertiary/aromatic N) is 2. The first kappa shape index (κ1) is 13.7. The molecule has 0 heterocycles. The van der Waals surface area contributed by atoms with Gasteiger partial charge < -0.3 is 14.9 Å². The van der Waals surface area contributed by atoms with Crippen molar-refractivity contribution in [3.05, 3.63) is 0 Å². The Morgan fingerprint density at radius 3 is 2.20 bits per heavy atom. The van der Waals surface area contributed by atoms with Crippen LogP contribution in [0.4, 0.5) is 4.79 Å². The molecule has 0 atom stereocenters. The molecule has 0 rings (SSSR count). The van der Waals surface area contributed by atoms with Gasteiger partial charge in [-0.15, -0.1) is 0 Å². The average Bonchev–Trinajstić information content (AvgIpc) is 2.13. The largest absolute Gasteiger partial charge is 0.480 e. The van der Waals surface area contributed by atoms with E-state index in [1.54, 1.807) is 7.05 Å². The van der Waals surface area contributed by atoms with E-state index >= 15 is 0 Å². The van der Waals surface area contributed by atoms with Crippen molar-refractivity contribution in [1.82, 2.24) is 9.80 Å². The number of carbonyl (C=O) groups is 2. The molecule has 0 saturated heterocycles. The van der Waals surface area contributed by atoms with Gasteiger partial charge in [-0.05, 0) is 12.8 Å². The second-order valence-corrected chi connectivity index (χ2v) is 3.96. The third-order valence-corrected chi connectivity index (χ3v) is 1.98. The summed E-state index contributed by atoms with van der Waals surface area (Å²) < 4.78 is 0. The molecule has 0 aromatic heterocycles. The molecule has 0 aromatic rings. The van der Waals surface area contributed by atoms with Gasteiger partial charge in [-0.3, -0.25) is 4.79 Å². The summed E-state index contributed by atoms with van der Waals surface area (Å²) in [5.41, 5.74) is 0. The highest BCUT2D eigenvalue weighted by atomic mass is 16.4. The highest BCUT2D eigenvalue weighted by Gasteiger charge is 2.20. The van der Waals surface area contributed by atoms with Gasteiger partial charge in [-0.1, -0.05) is 13.8 Å². The fourth-order valence-corrected chi connectivity index (χ4v) is 1.19. The number of urea groups is 1. The van der Waals surface area contributed by atoms with Crippen LogP contribution in [0.3, 0.4) is 0 Å². The molecule has 0 fully saturated rings. The van der Waals surface area contributed by atoms with E-state index in [-0.39, 0.29) is 18.5 Å². The van der Waals surface area contributed by atoms with E-state index in [9.17, 15) is 9.59 Å². The van der Waals surface area contributed by atoms with Gasteiger partial charge in [0.1, 0.15) is 6.54 Å². The number of carboxylic acids is 1. The monoisotopic (exact) mass is 216 g/mol. The zero-order valence-corrected chi connectivity index (χ0v) is 9.86. The van der Waals surface area contributed by atoms with E-state index in [1.165, 1.54) is 9.80 Å². The third kappa shape index (κ3) is 5.24. The lowest BCUT2D eigenvalue weighted by Crippen LogP contribution is -2.45. The molecule has 0 aliphatic carbocycles. The molecule has 5 nitrogen and oxygen atoms in total. The molecule has 1 N–H and O–H groups in total. The minimum atomic E-state index is -0.978. The summed E-state index contributed by atoms with van der Waals surface area (Å²) in [6.07, 6.45) is 0. The van der Waals surface area contributed by atoms with E-state index in [1.807, 2.05) is 20.8 Å². The Kier molecular flexibility index (Phi) is 5.74. The van der Waals surface area contributed by atoms with Crippen LogP contribution in [0.2, 0.25) is 0 Å². The van der Waals surface area contributed by atoms with Gasteiger partial charge in [0.25, 0.3) is 0 Å². The van der Waals surface area contributed by atoms with Crippen LogP contribution >= 0.6 is 0 Å². The predicted molar refractivity (Wildman–Crippen MR) is 57.7 cm³/mol. The maximum atomic E-state index is 11.7. The Labute approximate surface area is 90.7 Å². The lowest BCUT2D eigenvalue weighted by Gasteiger charge is -2.27. The fraction of sp³-hybridized carbons (Fsp3) is 0.800. The maximum Gasteiger partial charge on any atom is 0.323 e. The van der Waals surface area contributed by atoms with Crippen LogP contribution in [0.5, 0.6) is 0 Å². The molecule has 0 spiro atoms. The smallest absolute Gasteiger partial charge is 0.323 e. The number of amides is 2. The molecular formula is C10H20N2O3. The van der Waals surface area contributed by atoms with Gasteiger partial charge >= 0.3 is 12.0 Å². The molecule has 0 bridgehead atoms. The van der Waals surface area contributed by atoms with Crippen molar-refractivity contribution in [3.63, 3.8) is 0 Å². The summed E-state index contributed by atoms with van der Waals surface area (Å²) in [6, 6.07) is -0.228. The standard InChI is InChI=1S/C10H20N2O3/c1-5-11(4)10(15)12(6-8(2)3)7-9(13)14/h8H,5-7H2,1-4H3,(H,13,14). The van der Waals surface area contributed by atoms with Crippen molar-refractivity contribution in [2.45, 2.75) is 20.8 Å². The maximum absolute atomic E-state index is 11.7. The van der Waals surface area contributed by atoms with E-state index in [2.05, 4.69) is 0 Å². The Hall–Kier alpha value is -1.26. The van der Waals surface area contributed by atoms with Crippen LogP contribution in [0.15, 0.2) is 0 Å². The number of carboxylic acid groups (broad SMARTS) is 1. The summed E-state index contributed by atoms with van der Waals surface area (Å²) in [4.78, 5) is 25.2. The minimum Gasteiger partial charge on any atom is -0.480 e. The molecule has 0 unspecified atom stereocenters. The Morgan fingerprint density at radius 1 is 1.33 bits per heavy atom. The van der Waals surface area contributed by atoms with Crippen LogP contribution in [-0.4, -0.2) is 53.6 Å². The van der Waals surface area contributed by atoms with Crippen LogP contribution in [-0.2, 0) is 4.79 Å². The summed E-state index contributed by atoms with van der Waals surface area (Å²) in [5, 5.41) is 8.69. The predicted octanol–water partition coefficient (Wildman–Crippen LogP) is 1.10. The summed E-state index contributed by atoms with van der Waals surface area (Å²) in [5.74, 6) is -0.716. The van der Waals surface area contributed by atoms with Gasteiger partial charge in [0.2, 0.25) is 0 Å². The Morgan fingerprint density at radius 2 is 1.87 bits per heavy atom. The molecule has 88 valence electrons. The minimum absolute atomic E-state index is 0.228. The van der Waals surface area contributed by atoms with Crippen LogP contribution in [0, 0.1) is 5.92 Å². The molecule has 5 heteroatoms. The molecule has 0 aliphatic rings. The van der Waals surface area contributed by atoms with E-state index in [4.69, 9.17) is 5.11 Å². The van der Waals surface area contributed by atoms with Crippen molar-refractivity contribution in [2.75, 3.05) is 26.7 Å². The number of rotatable bonds is 5. The highest BCUT2D eigenvalue weighted by molar-refractivity contribution is 5.80. The lowest BCUT2D eigenvalue weighted by atomic mass is 10.2. The Bertz CT molecular complexity index is 229.